The molecule has 2 N–H and O–H groups in total. The van der Waals surface area contributed by atoms with Crippen LogP contribution in [0.1, 0.15) is 13.8 Å². The van der Waals surface area contributed by atoms with Crippen LogP contribution in [-0.4, -0.2) is 55.2 Å². The number of ether oxygens (including phenoxy) is 1. The van der Waals surface area contributed by atoms with Crippen LogP contribution in [0.25, 0.3) is 0 Å². The minimum atomic E-state index is 0.534. The van der Waals surface area contributed by atoms with Gasteiger partial charge in [0.2, 0.25) is 5.75 Å². The van der Waals surface area contributed by atoms with Crippen LogP contribution in [-0.2, 0) is 0 Å². The fourth-order valence-corrected chi connectivity index (χ4v) is 1.48. The molecule has 0 amide bonds. The Labute approximate surface area is 109 Å². The molecule has 0 aliphatic rings. The number of methoxy groups -OCH3 is 1. The van der Waals surface area contributed by atoms with Crippen molar-refractivity contribution < 1.29 is 4.74 Å². The third-order valence-electron chi connectivity index (χ3n) is 2.88. The topological polar surface area (TPSA) is 62.3 Å². The van der Waals surface area contributed by atoms with Crippen LogP contribution in [0.3, 0.4) is 0 Å². The van der Waals surface area contributed by atoms with Gasteiger partial charge in [-0.15, -0.1) is 0 Å². The predicted molar refractivity (Wildman–Crippen MR) is 74.4 cm³/mol. The van der Waals surface area contributed by atoms with Crippen molar-refractivity contribution in [3.8, 4) is 5.75 Å². The maximum absolute atomic E-state index is 5.31. The first-order valence-electron chi connectivity index (χ1n) is 6.11. The third-order valence-corrected chi connectivity index (χ3v) is 2.88. The van der Waals surface area contributed by atoms with E-state index in [9.17, 15) is 0 Å². The number of nitrogens with zero attached hydrogens (tertiary/aromatic N) is 3. The SMILES string of the molecule is CNc1ncnc(NCCN(C)C(C)C)c1OC. The van der Waals surface area contributed by atoms with Crippen molar-refractivity contribution in [2.75, 3.05) is 44.9 Å². The third kappa shape index (κ3) is 3.73. The zero-order valence-corrected chi connectivity index (χ0v) is 11.8. The molecular formula is C12H23N5O. The van der Waals surface area contributed by atoms with Crippen molar-refractivity contribution in [3.05, 3.63) is 6.33 Å². The number of rotatable bonds is 7. The van der Waals surface area contributed by atoms with Gasteiger partial charge in [0.15, 0.2) is 11.6 Å². The molecule has 0 unspecified atom stereocenters. The van der Waals surface area contributed by atoms with Gasteiger partial charge in [0.1, 0.15) is 6.33 Å². The van der Waals surface area contributed by atoms with Crippen LogP contribution in [0, 0.1) is 0 Å². The van der Waals surface area contributed by atoms with Crippen LogP contribution in [0.5, 0.6) is 5.75 Å². The smallest absolute Gasteiger partial charge is 0.204 e. The van der Waals surface area contributed by atoms with Crippen molar-refractivity contribution in [2.24, 2.45) is 0 Å². The van der Waals surface area contributed by atoms with Crippen LogP contribution in [0.4, 0.5) is 11.6 Å². The fraction of sp³-hybridized carbons (Fsp3) is 0.667. The van der Waals surface area contributed by atoms with Gasteiger partial charge >= 0.3 is 0 Å². The van der Waals surface area contributed by atoms with Crippen LogP contribution in [0.2, 0.25) is 0 Å². The molecule has 6 nitrogen and oxygen atoms in total. The molecular weight excluding hydrogens is 230 g/mol. The van der Waals surface area contributed by atoms with E-state index in [4.69, 9.17) is 4.74 Å². The lowest BCUT2D eigenvalue weighted by Crippen LogP contribution is -2.31. The standard InChI is InChI=1S/C12H23N5O/c1-9(2)17(4)7-6-14-12-10(18-5)11(13-3)15-8-16-12/h8-9H,6-7H2,1-5H3,(H2,13,14,15,16). The van der Waals surface area contributed by atoms with Crippen LogP contribution < -0.4 is 15.4 Å². The molecule has 18 heavy (non-hydrogen) atoms. The summed E-state index contributed by atoms with van der Waals surface area (Å²) >= 11 is 0. The molecule has 0 bridgehead atoms. The molecule has 6 heteroatoms. The summed E-state index contributed by atoms with van der Waals surface area (Å²) in [5.41, 5.74) is 0. The van der Waals surface area contributed by atoms with Crippen molar-refractivity contribution in [2.45, 2.75) is 19.9 Å². The van der Waals surface area contributed by atoms with Crippen LogP contribution in [0.15, 0.2) is 6.33 Å². The lowest BCUT2D eigenvalue weighted by atomic mass is 10.3. The molecule has 0 aliphatic heterocycles. The van der Waals surface area contributed by atoms with Crippen molar-refractivity contribution in [1.82, 2.24) is 14.9 Å². The number of hydrogen-bond acceptors (Lipinski definition) is 6. The summed E-state index contributed by atoms with van der Waals surface area (Å²) in [7, 11) is 5.52. The minimum Gasteiger partial charge on any atom is -0.490 e. The van der Waals surface area contributed by atoms with Gasteiger partial charge in [0.25, 0.3) is 0 Å². The van der Waals surface area contributed by atoms with E-state index in [-0.39, 0.29) is 0 Å². The van der Waals surface area contributed by atoms with E-state index >= 15 is 0 Å². The van der Waals surface area contributed by atoms with Gasteiger partial charge in [-0.1, -0.05) is 0 Å². The molecule has 0 saturated heterocycles. The fourth-order valence-electron chi connectivity index (χ4n) is 1.48. The molecule has 1 aromatic heterocycles. The van der Waals surface area contributed by atoms with Crippen molar-refractivity contribution in [1.29, 1.82) is 0 Å². The second-order valence-corrected chi connectivity index (χ2v) is 4.36. The van der Waals surface area contributed by atoms with Gasteiger partial charge in [0.05, 0.1) is 7.11 Å². The van der Waals surface area contributed by atoms with Crippen molar-refractivity contribution in [3.63, 3.8) is 0 Å². The Bertz CT molecular complexity index is 369. The molecule has 102 valence electrons. The number of aromatic nitrogens is 2. The maximum Gasteiger partial charge on any atom is 0.204 e. The molecule has 0 aliphatic carbocycles. The van der Waals surface area contributed by atoms with E-state index in [1.54, 1.807) is 14.2 Å². The Balaban J connectivity index is 2.62. The Morgan fingerprint density at radius 1 is 1.33 bits per heavy atom. The zero-order chi connectivity index (χ0) is 13.5. The molecule has 0 saturated carbocycles. The van der Waals surface area contributed by atoms with Gasteiger partial charge in [0, 0.05) is 26.2 Å². The molecule has 1 heterocycles. The number of hydrogen-bond donors (Lipinski definition) is 2. The quantitative estimate of drug-likeness (QED) is 0.763. The van der Waals surface area contributed by atoms with Crippen molar-refractivity contribution >= 4 is 11.6 Å². The van der Waals surface area contributed by atoms with E-state index in [0.717, 1.165) is 13.1 Å². The highest BCUT2D eigenvalue weighted by Gasteiger charge is 2.10. The highest BCUT2D eigenvalue weighted by molar-refractivity contribution is 5.63. The molecule has 0 fully saturated rings. The van der Waals surface area contributed by atoms with Crippen LogP contribution >= 0.6 is 0 Å². The number of nitrogens with one attached hydrogen (secondary N) is 2. The Morgan fingerprint density at radius 3 is 2.56 bits per heavy atom. The zero-order valence-electron chi connectivity index (χ0n) is 11.8. The average Bonchev–Trinajstić information content (AvgIpc) is 2.37. The minimum absolute atomic E-state index is 0.534. The summed E-state index contributed by atoms with van der Waals surface area (Å²) in [6, 6.07) is 0.534. The summed E-state index contributed by atoms with van der Waals surface area (Å²) in [4.78, 5) is 10.6. The first kappa shape index (κ1) is 14.5. The van der Waals surface area contributed by atoms with E-state index in [1.165, 1.54) is 6.33 Å². The Hall–Kier alpha value is -1.56. The highest BCUT2D eigenvalue weighted by atomic mass is 16.5. The van der Waals surface area contributed by atoms with Gasteiger partial charge in [-0.05, 0) is 20.9 Å². The predicted octanol–water partition coefficient (Wildman–Crippen LogP) is 1.28. The van der Waals surface area contributed by atoms with Gasteiger partial charge in [-0.2, -0.15) is 0 Å². The molecule has 0 radical (unpaired) electrons. The first-order valence-corrected chi connectivity index (χ1v) is 6.11. The van der Waals surface area contributed by atoms with Gasteiger partial charge in [-0.3, -0.25) is 0 Å². The Morgan fingerprint density at radius 2 is 2.00 bits per heavy atom. The van der Waals surface area contributed by atoms with Gasteiger partial charge < -0.3 is 20.3 Å². The normalized spacial score (nSPS) is 10.8. The van der Waals surface area contributed by atoms with E-state index in [1.807, 2.05) is 0 Å². The number of anilines is 2. The molecule has 1 rings (SSSR count). The average molecular weight is 253 g/mol. The second-order valence-electron chi connectivity index (χ2n) is 4.36. The lowest BCUT2D eigenvalue weighted by Gasteiger charge is -2.21. The second kappa shape index (κ2) is 7.00. The lowest BCUT2D eigenvalue weighted by molar-refractivity contribution is 0.284. The maximum atomic E-state index is 5.31. The monoisotopic (exact) mass is 253 g/mol. The summed E-state index contributed by atoms with van der Waals surface area (Å²) < 4.78 is 5.31. The van der Waals surface area contributed by atoms with E-state index in [2.05, 4.69) is 46.4 Å². The molecule has 0 spiro atoms. The summed E-state index contributed by atoms with van der Waals surface area (Å²) in [5.74, 6) is 2.05. The molecule has 1 aromatic rings. The summed E-state index contributed by atoms with van der Waals surface area (Å²) in [6.45, 7) is 6.10. The molecule has 0 atom stereocenters. The molecule has 0 aromatic carbocycles. The van der Waals surface area contributed by atoms with Gasteiger partial charge in [-0.25, -0.2) is 9.97 Å². The number of likely N-dealkylation sites (N-methyl/N-ethyl adjacent to an activating group) is 1. The summed E-state index contributed by atoms with van der Waals surface area (Å²) in [5, 5.41) is 6.24. The first-order chi connectivity index (χ1) is 8.60. The van der Waals surface area contributed by atoms with E-state index in [0.29, 0.717) is 23.4 Å². The largest absolute Gasteiger partial charge is 0.490 e. The Kier molecular flexibility index (Phi) is 5.64. The highest BCUT2D eigenvalue weighted by Crippen LogP contribution is 2.27. The van der Waals surface area contributed by atoms with E-state index < -0.39 is 0 Å². The summed E-state index contributed by atoms with van der Waals surface area (Å²) in [6.07, 6.45) is 1.52.